The van der Waals surface area contributed by atoms with E-state index in [4.69, 9.17) is 9.47 Å². The normalized spacial score (nSPS) is 11.2. The monoisotopic (exact) mass is 268 g/mol. The molecule has 19 heavy (non-hydrogen) atoms. The highest BCUT2D eigenvalue weighted by atomic mass is 16.6. The summed E-state index contributed by atoms with van der Waals surface area (Å²) in [5.41, 5.74) is 0.383. The molecule has 1 rings (SSSR count). The molecule has 0 aromatic carbocycles. The Hall–Kier alpha value is -1.85. The number of hydrogen-bond acceptors (Lipinski definition) is 5. The van der Waals surface area contributed by atoms with Gasteiger partial charge in [0.2, 0.25) is 0 Å². The van der Waals surface area contributed by atoms with Crippen LogP contribution in [-0.4, -0.2) is 33.9 Å². The van der Waals surface area contributed by atoms with Gasteiger partial charge in [0.05, 0.1) is 18.5 Å². The molecule has 106 valence electrons. The number of esters is 2. The topological polar surface area (TPSA) is 70.4 Å². The molecule has 0 aliphatic carbocycles. The predicted octanol–water partition coefficient (Wildman–Crippen LogP) is 1.71. The van der Waals surface area contributed by atoms with Crippen LogP contribution < -0.4 is 0 Å². The first kappa shape index (κ1) is 15.2. The standard InChI is InChI=1S/C13H20N2O4/c1-6-18-11(16)8-15-9(2)10(7-14-15)12(17)19-13(3,4)5/h7H,6,8H2,1-5H3. The molecule has 0 radical (unpaired) electrons. The van der Waals surface area contributed by atoms with Crippen LogP contribution in [0.5, 0.6) is 0 Å². The molecule has 0 bridgehead atoms. The van der Waals surface area contributed by atoms with E-state index in [-0.39, 0.29) is 12.5 Å². The van der Waals surface area contributed by atoms with Crippen molar-refractivity contribution in [3.05, 3.63) is 17.5 Å². The Kier molecular flexibility index (Phi) is 4.69. The number of nitrogens with zero attached hydrogens (tertiary/aromatic N) is 2. The second-order valence-corrected chi connectivity index (χ2v) is 5.11. The fourth-order valence-electron chi connectivity index (χ4n) is 1.47. The lowest BCUT2D eigenvalue weighted by atomic mass is 10.2. The molecule has 0 aliphatic rings. The Morgan fingerprint density at radius 1 is 1.37 bits per heavy atom. The van der Waals surface area contributed by atoms with Gasteiger partial charge in [0, 0.05) is 0 Å². The highest BCUT2D eigenvalue weighted by Crippen LogP contribution is 2.14. The zero-order valence-corrected chi connectivity index (χ0v) is 12.0. The Morgan fingerprint density at radius 2 is 2.00 bits per heavy atom. The van der Waals surface area contributed by atoms with Crippen molar-refractivity contribution in [2.45, 2.75) is 46.8 Å². The maximum atomic E-state index is 11.9. The first-order valence-electron chi connectivity index (χ1n) is 6.16. The summed E-state index contributed by atoms with van der Waals surface area (Å²) < 4.78 is 11.5. The van der Waals surface area contributed by atoms with Crippen LogP contribution in [0.4, 0.5) is 0 Å². The molecule has 0 spiro atoms. The van der Waals surface area contributed by atoms with Gasteiger partial charge in [-0.15, -0.1) is 0 Å². The second kappa shape index (κ2) is 5.86. The van der Waals surface area contributed by atoms with E-state index >= 15 is 0 Å². The van der Waals surface area contributed by atoms with E-state index in [9.17, 15) is 9.59 Å². The third-order valence-electron chi connectivity index (χ3n) is 2.31. The summed E-state index contributed by atoms with van der Waals surface area (Å²) in [5, 5.41) is 4.00. The van der Waals surface area contributed by atoms with Gasteiger partial charge < -0.3 is 9.47 Å². The van der Waals surface area contributed by atoms with Crippen LogP contribution in [-0.2, 0) is 20.8 Å². The van der Waals surface area contributed by atoms with Gasteiger partial charge >= 0.3 is 11.9 Å². The van der Waals surface area contributed by atoms with Gasteiger partial charge in [0.1, 0.15) is 17.7 Å². The van der Waals surface area contributed by atoms with Gasteiger partial charge in [-0.25, -0.2) is 4.79 Å². The summed E-state index contributed by atoms with van der Waals surface area (Å²) in [6.45, 7) is 9.14. The molecule has 6 nitrogen and oxygen atoms in total. The quantitative estimate of drug-likeness (QED) is 0.777. The molecule has 1 aromatic rings. The highest BCUT2D eigenvalue weighted by Gasteiger charge is 2.22. The first-order chi connectivity index (χ1) is 8.74. The number of aromatic nitrogens is 2. The molecule has 0 atom stereocenters. The van der Waals surface area contributed by atoms with E-state index in [1.165, 1.54) is 10.9 Å². The number of carbonyl (C=O) groups excluding carboxylic acids is 2. The van der Waals surface area contributed by atoms with Gasteiger partial charge in [-0.2, -0.15) is 5.10 Å². The number of hydrogen-bond donors (Lipinski definition) is 0. The molecule has 0 fully saturated rings. The van der Waals surface area contributed by atoms with E-state index in [2.05, 4.69) is 5.10 Å². The summed E-state index contributed by atoms with van der Waals surface area (Å²) in [6.07, 6.45) is 1.41. The highest BCUT2D eigenvalue weighted by molar-refractivity contribution is 5.90. The molecule has 0 N–H and O–H groups in total. The van der Waals surface area contributed by atoms with Crippen molar-refractivity contribution in [3.8, 4) is 0 Å². The molecular formula is C13H20N2O4. The zero-order chi connectivity index (χ0) is 14.6. The maximum Gasteiger partial charge on any atom is 0.342 e. The second-order valence-electron chi connectivity index (χ2n) is 5.11. The Balaban J connectivity index is 2.81. The van der Waals surface area contributed by atoms with Crippen LogP contribution in [0.1, 0.15) is 43.7 Å². The Labute approximate surface area is 112 Å². The van der Waals surface area contributed by atoms with Gasteiger partial charge in [-0.05, 0) is 34.6 Å². The summed E-state index contributed by atoms with van der Waals surface area (Å²) in [6, 6.07) is 0. The van der Waals surface area contributed by atoms with Crippen molar-refractivity contribution in [2.75, 3.05) is 6.61 Å². The van der Waals surface area contributed by atoms with Gasteiger partial charge in [-0.1, -0.05) is 0 Å². The third-order valence-corrected chi connectivity index (χ3v) is 2.31. The largest absolute Gasteiger partial charge is 0.465 e. The van der Waals surface area contributed by atoms with Crippen molar-refractivity contribution >= 4 is 11.9 Å². The summed E-state index contributed by atoms with van der Waals surface area (Å²) in [4.78, 5) is 23.3. The van der Waals surface area contributed by atoms with Crippen LogP contribution in [0.15, 0.2) is 6.20 Å². The number of ether oxygens (including phenoxy) is 2. The molecule has 0 aliphatic heterocycles. The van der Waals surface area contributed by atoms with Crippen LogP contribution in [0.2, 0.25) is 0 Å². The molecular weight excluding hydrogens is 248 g/mol. The first-order valence-corrected chi connectivity index (χ1v) is 6.16. The molecule has 1 heterocycles. The molecule has 1 aromatic heterocycles. The average Bonchev–Trinajstić information content (AvgIpc) is 2.58. The summed E-state index contributed by atoms with van der Waals surface area (Å²) in [7, 11) is 0. The molecule has 0 saturated carbocycles. The third kappa shape index (κ3) is 4.39. The molecule has 0 saturated heterocycles. The summed E-state index contributed by atoms with van der Waals surface area (Å²) >= 11 is 0. The minimum atomic E-state index is -0.563. The molecule has 0 amide bonds. The minimum Gasteiger partial charge on any atom is -0.465 e. The smallest absolute Gasteiger partial charge is 0.342 e. The van der Waals surface area contributed by atoms with Crippen molar-refractivity contribution in [2.24, 2.45) is 0 Å². The van der Waals surface area contributed by atoms with Crippen LogP contribution >= 0.6 is 0 Å². The fraction of sp³-hybridized carbons (Fsp3) is 0.615. The van der Waals surface area contributed by atoms with Crippen molar-refractivity contribution in [3.63, 3.8) is 0 Å². The molecule has 0 unspecified atom stereocenters. The molecule has 6 heteroatoms. The Bertz CT molecular complexity index is 471. The van der Waals surface area contributed by atoms with E-state index in [0.29, 0.717) is 17.9 Å². The lowest BCUT2D eigenvalue weighted by Gasteiger charge is -2.19. The van der Waals surface area contributed by atoms with E-state index in [0.717, 1.165) is 0 Å². The maximum absolute atomic E-state index is 11.9. The lowest BCUT2D eigenvalue weighted by Crippen LogP contribution is -2.24. The lowest BCUT2D eigenvalue weighted by molar-refractivity contribution is -0.144. The van der Waals surface area contributed by atoms with Gasteiger partial charge in [-0.3, -0.25) is 9.48 Å². The number of rotatable bonds is 4. The van der Waals surface area contributed by atoms with Gasteiger partial charge in [0.15, 0.2) is 0 Å². The van der Waals surface area contributed by atoms with E-state index in [1.807, 2.05) is 0 Å². The average molecular weight is 268 g/mol. The predicted molar refractivity (Wildman–Crippen MR) is 68.8 cm³/mol. The summed E-state index contributed by atoms with van der Waals surface area (Å²) in [5.74, 6) is -0.829. The van der Waals surface area contributed by atoms with E-state index in [1.54, 1.807) is 34.6 Å². The Morgan fingerprint density at radius 3 is 2.53 bits per heavy atom. The van der Waals surface area contributed by atoms with Crippen molar-refractivity contribution < 1.29 is 19.1 Å². The fourth-order valence-corrected chi connectivity index (χ4v) is 1.47. The van der Waals surface area contributed by atoms with Crippen LogP contribution in [0.25, 0.3) is 0 Å². The van der Waals surface area contributed by atoms with Crippen LogP contribution in [0.3, 0.4) is 0 Å². The zero-order valence-electron chi connectivity index (χ0n) is 12.0. The van der Waals surface area contributed by atoms with Crippen LogP contribution in [0, 0.1) is 6.92 Å². The number of carbonyl (C=O) groups is 2. The van der Waals surface area contributed by atoms with Crippen molar-refractivity contribution in [1.82, 2.24) is 9.78 Å². The van der Waals surface area contributed by atoms with Gasteiger partial charge in [0.25, 0.3) is 0 Å². The minimum absolute atomic E-state index is 0.0114. The van der Waals surface area contributed by atoms with Crippen molar-refractivity contribution in [1.29, 1.82) is 0 Å². The SMILES string of the molecule is CCOC(=O)Cn1ncc(C(=O)OC(C)(C)C)c1C. The van der Waals surface area contributed by atoms with E-state index < -0.39 is 11.6 Å².